The molecule has 1 aliphatic heterocycles. The lowest BCUT2D eigenvalue weighted by atomic mass is 9.89. The summed E-state index contributed by atoms with van der Waals surface area (Å²) in [6.45, 7) is 22.9. The van der Waals surface area contributed by atoms with Crippen molar-refractivity contribution in [3.63, 3.8) is 0 Å². The van der Waals surface area contributed by atoms with Crippen LogP contribution in [0.5, 0.6) is 0 Å². The van der Waals surface area contributed by atoms with Gasteiger partial charge in [-0.15, -0.1) is 0 Å². The number of carbonyl (C=O) groups excluding carboxylic acids is 6. The van der Waals surface area contributed by atoms with Gasteiger partial charge < -0.3 is 39.4 Å². The van der Waals surface area contributed by atoms with Crippen molar-refractivity contribution in [1.82, 2.24) is 25.3 Å². The molecule has 0 saturated carbocycles. The van der Waals surface area contributed by atoms with Crippen molar-refractivity contribution < 1.29 is 47.7 Å². The van der Waals surface area contributed by atoms with Crippen molar-refractivity contribution in [2.45, 2.75) is 149 Å². The highest BCUT2D eigenvalue weighted by Gasteiger charge is 2.45. The van der Waals surface area contributed by atoms with Gasteiger partial charge in [0.15, 0.2) is 0 Å². The Kier molecular flexibility index (Phi) is 20.6. The molecule has 0 spiro atoms. The van der Waals surface area contributed by atoms with Gasteiger partial charge >= 0.3 is 12.1 Å². The Bertz CT molecular complexity index is 2390. The van der Waals surface area contributed by atoms with Crippen LogP contribution >= 0.6 is 0 Å². The monoisotopic (exact) mass is 1020 g/mol. The molecule has 0 aromatic heterocycles. The number of likely N-dealkylation sites (N-methyl/N-ethyl adjacent to an activating group) is 2. The summed E-state index contributed by atoms with van der Waals surface area (Å²) >= 11 is 0. The third-order valence-electron chi connectivity index (χ3n) is 14.7. The minimum absolute atomic E-state index is 0.0887. The van der Waals surface area contributed by atoms with E-state index in [0.717, 1.165) is 33.4 Å². The maximum absolute atomic E-state index is 14.8. The normalized spacial score (nSPS) is 17.8. The lowest BCUT2D eigenvalue weighted by Crippen LogP contribution is -2.60. The van der Waals surface area contributed by atoms with Gasteiger partial charge in [-0.2, -0.15) is 0 Å². The number of amides is 5. The maximum atomic E-state index is 14.8. The molecule has 3 aromatic carbocycles. The SMILES string of the molecule is C=C1C[C@@H]([C@H](OC)[C@@H](C)C(=O)NC(Cc2ccccc2)C(=O)OC(C)(C)C)N(C(=O)C[C@@H](OC)[C@H]([C@@H](C)CC)N(C)C(=O)[C@@H](NC(=O)[C@H](C(C)C)N(C)C(=O)OCC2c3ccccc3-c3ccccc32)C(C)C)C1. The minimum atomic E-state index is -0.992. The summed E-state index contributed by atoms with van der Waals surface area (Å²) in [5.41, 5.74) is 5.21. The van der Waals surface area contributed by atoms with Gasteiger partial charge in [0, 0.05) is 47.2 Å². The minimum Gasteiger partial charge on any atom is -0.458 e. The van der Waals surface area contributed by atoms with Crippen LogP contribution in [0.15, 0.2) is 91.0 Å². The van der Waals surface area contributed by atoms with Crippen molar-refractivity contribution in [3.8, 4) is 11.1 Å². The van der Waals surface area contributed by atoms with Gasteiger partial charge in [0.2, 0.25) is 23.6 Å². The Hall–Kier alpha value is -6.06. The van der Waals surface area contributed by atoms with E-state index in [1.807, 2.05) is 108 Å². The second-order valence-corrected chi connectivity index (χ2v) is 22.0. The van der Waals surface area contributed by atoms with Crippen molar-refractivity contribution in [2.24, 2.45) is 23.7 Å². The van der Waals surface area contributed by atoms with Gasteiger partial charge in [-0.1, -0.05) is 146 Å². The number of methoxy groups -OCH3 is 2. The number of fused-ring (bicyclic) bond motifs is 3. The highest BCUT2D eigenvalue weighted by Crippen LogP contribution is 2.44. The molecule has 1 heterocycles. The third kappa shape index (κ3) is 14.2. The predicted octanol–water partition coefficient (Wildman–Crippen LogP) is 8.19. The number of likely N-dealkylation sites (tertiary alicyclic amines) is 1. The quantitative estimate of drug-likeness (QED) is 0.0697. The predicted molar refractivity (Wildman–Crippen MR) is 287 cm³/mol. The average molecular weight is 1020 g/mol. The first-order chi connectivity index (χ1) is 34.9. The summed E-state index contributed by atoms with van der Waals surface area (Å²) in [6, 6.07) is 21.4. The van der Waals surface area contributed by atoms with E-state index >= 15 is 0 Å². The molecule has 2 aliphatic rings. The van der Waals surface area contributed by atoms with E-state index in [0.29, 0.717) is 12.8 Å². The zero-order valence-electron chi connectivity index (χ0n) is 46.3. The molecular weight excluding hydrogens is 939 g/mol. The molecule has 2 N–H and O–H groups in total. The fraction of sp³-hybridized carbons (Fsp3) is 0.559. The summed E-state index contributed by atoms with van der Waals surface area (Å²) in [4.78, 5) is 89.8. The van der Waals surface area contributed by atoms with E-state index < -0.39 is 77.8 Å². The Labute approximate surface area is 440 Å². The van der Waals surface area contributed by atoms with E-state index in [1.54, 1.807) is 51.6 Å². The van der Waals surface area contributed by atoms with E-state index in [-0.39, 0.29) is 61.5 Å². The molecule has 74 heavy (non-hydrogen) atoms. The fourth-order valence-corrected chi connectivity index (χ4v) is 10.7. The van der Waals surface area contributed by atoms with Crippen LogP contribution in [0.4, 0.5) is 4.79 Å². The number of nitrogens with zero attached hydrogens (tertiary/aromatic N) is 3. The van der Waals surface area contributed by atoms with Crippen molar-refractivity contribution in [1.29, 1.82) is 0 Å². The Balaban J connectivity index is 1.29. The number of ether oxygens (including phenoxy) is 4. The lowest BCUT2D eigenvalue weighted by Gasteiger charge is -2.41. The molecule has 5 rings (SSSR count). The molecule has 0 radical (unpaired) electrons. The standard InChI is InChI=1S/C59H83N5O10/c1-16-38(7)52(48(71-14)32-49(65)64-33-37(6)30-47(64)53(72-15)39(8)54(66)60-46(57(69)74-59(9,10)11)31-40-24-18-17-19-25-40)62(12)56(68)50(35(2)3)61-55(67)51(36(4)5)63(13)58(70)73-34-45-43-28-22-20-26-41(43)42-27-21-23-29-44(42)45/h17-29,35-36,38-39,45-48,50-53H,6,16,30-34H2,1-5,7-15H3,(H,60,66)(H,61,67)/t38-,39+,46?,47-,48+,50-,51-,52-,53+/m0/s1. The van der Waals surface area contributed by atoms with Crippen LogP contribution in [0.1, 0.15) is 111 Å². The number of carbonyl (C=O) groups is 6. The van der Waals surface area contributed by atoms with E-state index in [1.165, 1.54) is 19.1 Å². The van der Waals surface area contributed by atoms with Crippen molar-refractivity contribution in [2.75, 3.05) is 41.5 Å². The van der Waals surface area contributed by atoms with Crippen molar-refractivity contribution in [3.05, 3.63) is 108 Å². The molecule has 0 bridgehead atoms. The molecule has 1 saturated heterocycles. The van der Waals surface area contributed by atoms with Crippen LogP contribution in [0.25, 0.3) is 11.1 Å². The molecule has 1 fully saturated rings. The number of esters is 1. The first-order valence-electron chi connectivity index (χ1n) is 26.2. The highest BCUT2D eigenvalue weighted by molar-refractivity contribution is 5.92. The van der Waals surface area contributed by atoms with Crippen molar-refractivity contribution >= 4 is 35.7 Å². The molecule has 5 amide bonds. The number of benzene rings is 3. The lowest BCUT2D eigenvalue weighted by molar-refractivity contribution is -0.159. The van der Waals surface area contributed by atoms with Crippen LogP contribution < -0.4 is 10.6 Å². The molecule has 15 heteroatoms. The Morgan fingerprint density at radius 3 is 1.88 bits per heavy atom. The second kappa shape index (κ2) is 25.9. The van der Waals surface area contributed by atoms with Crippen LogP contribution in [0, 0.1) is 23.7 Å². The van der Waals surface area contributed by atoms with Crippen LogP contribution in [-0.4, -0.2) is 140 Å². The van der Waals surface area contributed by atoms with Gasteiger partial charge in [0.25, 0.3) is 0 Å². The summed E-state index contributed by atoms with van der Waals surface area (Å²) in [7, 11) is 6.23. The van der Waals surface area contributed by atoms with E-state index in [9.17, 15) is 28.8 Å². The zero-order chi connectivity index (χ0) is 54.8. The summed E-state index contributed by atoms with van der Waals surface area (Å²) in [5, 5.41) is 5.93. The molecule has 1 unspecified atom stereocenters. The second-order valence-electron chi connectivity index (χ2n) is 22.0. The van der Waals surface area contributed by atoms with Crippen LogP contribution in [0.2, 0.25) is 0 Å². The number of rotatable bonds is 23. The molecule has 9 atom stereocenters. The highest BCUT2D eigenvalue weighted by atomic mass is 16.6. The summed E-state index contributed by atoms with van der Waals surface area (Å²) in [6.07, 6.45) is -1.08. The number of hydrogen-bond acceptors (Lipinski definition) is 10. The number of nitrogens with one attached hydrogen (secondary N) is 2. The summed E-state index contributed by atoms with van der Waals surface area (Å²) < 4.78 is 23.8. The van der Waals surface area contributed by atoms with Gasteiger partial charge in [0.1, 0.15) is 30.3 Å². The zero-order valence-corrected chi connectivity index (χ0v) is 46.3. The van der Waals surface area contributed by atoms with Crippen LogP contribution in [-0.2, 0) is 49.3 Å². The molecule has 3 aromatic rings. The Morgan fingerprint density at radius 2 is 1.35 bits per heavy atom. The molecule has 1 aliphatic carbocycles. The maximum Gasteiger partial charge on any atom is 0.410 e. The first kappa shape index (κ1) is 58.8. The van der Waals surface area contributed by atoms with Gasteiger partial charge in [-0.3, -0.25) is 24.1 Å². The van der Waals surface area contributed by atoms with E-state index in [4.69, 9.17) is 18.9 Å². The average Bonchev–Trinajstić information content (AvgIpc) is 3.90. The Morgan fingerprint density at radius 1 is 0.770 bits per heavy atom. The molecule has 404 valence electrons. The smallest absolute Gasteiger partial charge is 0.410 e. The van der Waals surface area contributed by atoms with Gasteiger partial charge in [-0.25, -0.2) is 9.59 Å². The fourth-order valence-electron chi connectivity index (χ4n) is 10.7. The number of hydrogen-bond donors (Lipinski definition) is 2. The third-order valence-corrected chi connectivity index (χ3v) is 14.7. The molecular formula is C59H83N5O10. The summed E-state index contributed by atoms with van der Waals surface area (Å²) in [5.74, 6) is -3.96. The van der Waals surface area contributed by atoms with Gasteiger partial charge in [0.05, 0.1) is 36.6 Å². The van der Waals surface area contributed by atoms with Crippen LogP contribution in [0.3, 0.4) is 0 Å². The topological polar surface area (TPSA) is 173 Å². The largest absolute Gasteiger partial charge is 0.458 e. The first-order valence-corrected chi connectivity index (χ1v) is 26.2. The molecule has 15 nitrogen and oxygen atoms in total. The van der Waals surface area contributed by atoms with E-state index in [2.05, 4.69) is 29.3 Å². The van der Waals surface area contributed by atoms with Gasteiger partial charge in [-0.05, 0) is 72.8 Å².